The van der Waals surface area contributed by atoms with Crippen molar-refractivity contribution in [3.63, 3.8) is 0 Å². The lowest BCUT2D eigenvalue weighted by Crippen LogP contribution is -2.26. The van der Waals surface area contributed by atoms with E-state index in [4.69, 9.17) is 0 Å². The van der Waals surface area contributed by atoms with Crippen molar-refractivity contribution in [2.45, 2.75) is 25.3 Å². The predicted molar refractivity (Wildman–Crippen MR) is 75.5 cm³/mol. The van der Waals surface area contributed by atoms with Crippen molar-refractivity contribution in [2.24, 2.45) is 17.0 Å². The van der Waals surface area contributed by atoms with Crippen LogP contribution in [0.4, 0.5) is 5.69 Å². The number of aromatic nitrogens is 2. The highest BCUT2D eigenvalue weighted by Gasteiger charge is 2.47. The molecule has 4 rings (SSSR count). The summed E-state index contributed by atoms with van der Waals surface area (Å²) in [6.07, 6.45) is 4.87. The fourth-order valence-electron chi connectivity index (χ4n) is 3.88. The van der Waals surface area contributed by atoms with Crippen LogP contribution in [0.15, 0.2) is 29.6 Å². The van der Waals surface area contributed by atoms with Gasteiger partial charge in [-0.15, -0.1) is 0 Å². The average Bonchev–Trinajstić information content (AvgIpc) is 3.19. The second kappa shape index (κ2) is 4.28. The number of benzene rings is 1. The Hall–Kier alpha value is -2.44. The summed E-state index contributed by atoms with van der Waals surface area (Å²) >= 11 is 0. The Morgan fingerprint density at radius 3 is 3.05 bits per heavy atom. The lowest BCUT2D eigenvalue weighted by molar-refractivity contribution is -0.384. The highest BCUT2D eigenvalue weighted by atomic mass is 16.6. The number of nitrogens with zero attached hydrogens (tertiary/aromatic N) is 4. The smallest absolute Gasteiger partial charge is 0.271 e. The molecule has 0 amide bonds. The topological polar surface area (TPSA) is 93.5 Å². The van der Waals surface area contributed by atoms with Crippen molar-refractivity contribution < 1.29 is 10.1 Å². The highest BCUT2D eigenvalue weighted by Crippen LogP contribution is 2.49. The van der Waals surface area contributed by atoms with E-state index in [0.29, 0.717) is 11.8 Å². The van der Waals surface area contributed by atoms with E-state index in [9.17, 15) is 15.3 Å². The van der Waals surface area contributed by atoms with Crippen molar-refractivity contribution in [1.82, 2.24) is 9.78 Å². The maximum atomic E-state index is 11.0. The van der Waals surface area contributed by atoms with Gasteiger partial charge >= 0.3 is 0 Å². The largest absolute Gasteiger partial charge is 0.411 e. The third-order valence-electron chi connectivity index (χ3n) is 4.81. The molecule has 0 aliphatic heterocycles. The van der Waals surface area contributed by atoms with Crippen LogP contribution in [0.5, 0.6) is 0 Å². The van der Waals surface area contributed by atoms with Crippen molar-refractivity contribution >= 4 is 22.3 Å². The van der Waals surface area contributed by atoms with E-state index >= 15 is 0 Å². The fourth-order valence-corrected chi connectivity index (χ4v) is 3.88. The fraction of sp³-hybridized carbons (Fsp3) is 0.429. The minimum atomic E-state index is -0.404. The minimum absolute atomic E-state index is 0.0508. The highest BCUT2D eigenvalue weighted by molar-refractivity contribution is 5.94. The molecule has 3 atom stereocenters. The quantitative estimate of drug-likeness (QED) is 0.521. The van der Waals surface area contributed by atoms with Crippen LogP contribution < -0.4 is 0 Å². The van der Waals surface area contributed by atoms with Gasteiger partial charge in [-0.2, -0.15) is 5.10 Å². The molecule has 2 saturated carbocycles. The van der Waals surface area contributed by atoms with Gasteiger partial charge in [-0.1, -0.05) is 5.16 Å². The summed E-state index contributed by atoms with van der Waals surface area (Å²) in [5.74, 6) is 0.728. The van der Waals surface area contributed by atoms with Crippen LogP contribution in [0.25, 0.3) is 10.9 Å². The third kappa shape index (κ3) is 1.66. The lowest BCUT2D eigenvalue weighted by atomic mass is 9.93. The predicted octanol–water partition coefficient (Wildman–Crippen LogP) is 2.75. The summed E-state index contributed by atoms with van der Waals surface area (Å²) in [6.45, 7) is 0. The van der Waals surface area contributed by atoms with Gasteiger partial charge in [-0.3, -0.25) is 14.8 Å². The molecular weight excluding hydrogens is 272 g/mol. The monoisotopic (exact) mass is 286 g/mol. The molecular formula is C14H14N4O3. The second-order valence-corrected chi connectivity index (χ2v) is 5.83. The summed E-state index contributed by atoms with van der Waals surface area (Å²) in [6, 6.07) is 4.66. The van der Waals surface area contributed by atoms with Gasteiger partial charge < -0.3 is 5.21 Å². The molecule has 108 valence electrons. The summed E-state index contributed by atoms with van der Waals surface area (Å²) in [4.78, 5) is 10.6. The van der Waals surface area contributed by atoms with E-state index in [1.807, 2.05) is 0 Å². The first kappa shape index (κ1) is 12.3. The number of hydrogen-bond donors (Lipinski definition) is 1. The van der Waals surface area contributed by atoms with Crippen LogP contribution >= 0.6 is 0 Å². The Morgan fingerprint density at radius 2 is 2.29 bits per heavy atom. The van der Waals surface area contributed by atoms with Crippen LogP contribution in [0, 0.1) is 22.0 Å². The van der Waals surface area contributed by atoms with E-state index in [0.717, 1.165) is 35.9 Å². The first-order chi connectivity index (χ1) is 10.2. The molecule has 0 saturated heterocycles. The molecule has 7 heteroatoms. The molecule has 7 nitrogen and oxygen atoms in total. The Bertz CT molecular complexity index is 767. The number of non-ortho nitro benzene ring substituents is 1. The molecule has 1 aromatic carbocycles. The molecule has 0 spiro atoms. The van der Waals surface area contributed by atoms with E-state index in [-0.39, 0.29) is 11.7 Å². The second-order valence-electron chi connectivity index (χ2n) is 5.83. The molecule has 2 aliphatic rings. The van der Waals surface area contributed by atoms with Gasteiger partial charge in [0.1, 0.15) is 0 Å². The molecule has 2 fully saturated rings. The zero-order chi connectivity index (χ0) is 14.6. The van der Waals surface area contributed by atoms with Gasteiger partial charge in [0, 0.05) is 23.4 Å². The molecule has 1 heterocycles. The van der Waals surface area contributed by atoms with E-state index in [2.05, 4.69) is 10.3 Å². The maximum Gasteiger partial charge on any atom is 0.271 e. The summed E-state index contributed by atoms with van der Waals surface area (Å²) in [5.41, 5.74) is 1.54. The first-order valence-electron chi connectivity index (χ1n) is 7.02. The number of nitro groups is 1. The zero-order valence-corrected chi connectivity index (χ0v) is 11.2. The molecule has 2 bridgehead atoms. The Kier molecular flexibility index (Phi) is 2.51. The van der Waals surface area contributed by atoms with Crippen molar-refractivity contribution in [1.29, 1.82) is 0 Å². The molecule has 0 unspecified atom stereocenters. The molecule has 0 radical (unpaired) electrons. The maximum absolute atomic E-state index is 11.0. The van der Waals surface area contributed by atoms with Gasteiger partial charge in [0.15, 0.2) is 0 Å². The van der Waals surface area contributed by atoms with Gasteiger partial charge in [-0.25, -0.2) is 0 Å². The van der Waals surface area contributed by atoms with Crippen LogP contribution in [-0.4, -0.2) is 25.6 Å². The van der Waals surface area contributed by atoms with E-state index in [1.54, 1.807) is 23.0 Å². The number of hydrogen-bond acceptors (Lipinski definition) is 5. The molecule has 2 aliphatic carbocycles. The standard InChI is InChI=1S/C14H14N4O3/c19-16-13-8-1-2-9(5-8)14(13)17-12-6-11(18(20)21)4-3-10(12)7-15-17/h3-4,6-9,14,19H,1-2,5H2/b16-13-/t8-,9-,14+/m0/s1. The summed E-state index contributed by atoms with van der Waals surface area (Å²) in [5, 5.41) is 29.0. The minimum Gasteiger partial charge on any atom is -0.411 e. The number of fused-ring (bicyclic) bond motifs is 3. The summed E-state index contributed by atoms with van der Waals surface area (Å²) in [7, 11) is 0. The van der Waals surface area contributed by atoms with E-state index in [1.165, 1.54) is 6.07 Å². The van der Waals surface area contributed by atoms with Gasteiger partial charge in [-0.05, 0) is 31.2 Å². The van der Waals surface area contributed by atoms with Crippen LogP contribution in [0.1, 0.15) is 25.3 Å². The van der Waals surface area contributed by atoms with E-state index < -0.39 is 4.92 Å². The van der Waals surface area contributed by atoms with Crippen molar-refractivity contribution in [3.8, 4) is 0 Å². The number of nitro benzene ring substituents is 1. The van der Waals surface area contributed by atoms with Gasteiger partial charge in [0.25, 0.3) is 5.69 Å². The zero-order valence-electron chi connectivity index (χ0n) is 11.2. The van der Waals surface area contributed by atoms with Gasteiger partial charge in [0.2, 0.25) is 0 Å². The molecule has 1 aromatic heterocycles. The molecule has 2 aromatic rings. The van der Waals surface area contributed by atoms with Crippen molar-refractivity contribution in [2.75, 3.05) is 0 Å². The van der Waals surface area contributed by atoms with Crippen LogP contribution in [0.3, 0.4) is 0 Å². The SMILES string of the molecule is O=[N+]([O-])c1ccc2cnn([C@H]3/C(=N\O)[C@H]4CC[C@H]3C4)c2c1. The molecule has 1 N–H and O–H groups in total. The average molecular weight is 286 g/mol. The number of rotatable bonds is 2. The third-order valence-corrected chi connectivity index (χ3v) is 4.81. The van der Waals surface area contributed by atoms with Gasteiger partial charge in [0.05, 0.1) is 28.4 Å². The summed E-state index contributed by atoms with van der Waals surface area (Å²) < 4.78 is 1.79. The Morgan fingerprint density at radius 1 is 1.43 bits per heavy atom. The van der Waals surface area contributed by atoms with Crippen molar-refractivity contribution in [3.05, 3.63) is 34.5 Å². The number of oxime groups is 1. The Balaban J connectivity index is 1.87. The van der Waals surface area contributed by atoms with Crippen LogP contribution in [-0.2, 0) is 0 Å². The first-order valence-corrected chi connectivity index (χ1v) is 7.02. The van der Waals surface area contributed by atoms with Crippen LogP contribution in [0.2, 0.25) is 0 Å². The normalized spacial score (nSPS) is 29.5. The Labute approximate surface area is 120 Å². The lowest BCUT2D eigenvalue weighted by Gasteiger charge is -2.23. The molecule has 21 heavy (non-hydrogen) atoms.